The van der Waals surface area contributed by atoms with Gasteiger partial charge in [0.05, 0.1) is 0 Å². The van der Waals surface area contributed by atoms with Crippen molar-refractivity contribution in [3.63, 3.8) is 0 Å². The molecule has 10 aromatic rings. The van der Waals surface area contributed by atoms with E-state index >= 15 is 0 Å². The second-order valence-corrected chi connectivity index (χ2v) is 13.8. The normalized spacial score (nSPS) is 12.1. The van der Waals surface area contributed by atoms with Crippen LogP contribution in [0.15, 0.2) is 146 Å². The molecular formula is C42H24S2. The van der Waals surface area contributed by atoms with Gasteiger partial charge in [-0.15, -0.1) is 22.7 Å². The highest BCUT2D eigenvalue weighted by Crippen LogP contribution is 2.46. The average Bonchev–Trinajstić information content (AvgIpc) is 3.72. The third-order valence-corrected chi connectivity index (χ3v) is 11.6. The smallest absolute Gasteiger partial charge is 0.0355 e. The van der Waals surface area contributed by atoms with Crippen molar-refractivity contribution >= 4 is 96.7 Å². The molecule has 0 aliphatic rings. The Morgan fingerprint density at radius 1 is 0.295 bits per heavy atom. The van der Waals surface area contributed by atoms with Gasteiger partial charge >= 0.3 is 0 Å². The molecule has 8 aromatic carbocycles. The number of rotatable bonds is 2. The van der Waals surface area contributed by atoms with Gasteiger partial charge < -0.3 is 0 Å². The van der Waals surface area contributed by atoms with Crippen LogP contribution in [0.4, 0.5) is 0 Å². The van der Waals surface area contributed by atoms with E-state index in [9.17, 15) is 0 Å². The summed E-state index contributed by atoms with van der Waals surface area (Å²) < 4.78 is 2.66. The molecule has 0 unspecified atom stereocenters. The summed E-state index contributed by atoms with van der Waals surface area (Å²) >= 11 is 3.75. The molecule has 2 heteroatoms. The average molecular weight is 593 g/mol. The summed E-state index contributed by atoms with van der Waals surface area (Å²) in [5.74, 6) is 0. The third-order valence-electron chi connectivity index (χ3n) is 9.22. The van der Waals surface area contributed by atoms with E-state index in [0.29, 0.717) is 0 Å². The molecule has 0 saturated heterocycles. The van der Waals surface area contributed by atoms with Gasteiger partial charge in [0, 0.05) is 19.2 Å². The Labute approximate surface area is 262 Å². The lowest BCUT2D eigenvalue weighted by molar-refractivity contribution is 1.76. The zero-order chi connectivity index (χ0) is 28.8. The van der Waals surface area contributed by atoms with Gasteiger partial charge in [-0.25, -0.2) is 0 Å². The van der Waals surface area contributed by atoms with E-state index in [1.165, 1.54) is 94.9 Å². The van der Waals surface area contributed by atoms with Gasteiger partial charge in [0.25, 0.3) is 0 Å². The molecule has 2 heterocycles. The van der Waals surface area contributed by atoms with Crippen molar-refractivity contribution in [1.29, 1.82) is 0 Å². The van der Waals surface area contributed by atoms with E-state index in [4.69, 9.17) is 0 Å². The summed E-state index contributed by atoms with van der Waals surface area (Å²) in [5, 5.41) is 15.8. The van der Waals surface area contributed by atoms with Crippen molar-refractivity contribution in [2.45, 2.75) is 0 Å². The zero-order valence-electron chi connectivity index (χ0n) is 23.7. The first-order valence-electron chi connectivity index (χ1n) is 15.0. The summed E-state index contributed by atoms with van der Waals surface area (Å²) in [6.45, 7) is 0. The van der Waals surface area contributed by atoms with Crippen LogP contribution in [0.2, 0.25) is 0 Å². The van der Waals surface area contributed by atoms with Crippen LogP contribution in [-0.4, -0.2) is 0 Å². The Kier molecular flexibility index (Phi) is 5.13. The molecule has 0 atom stereocenters. The molecule has 0 N–H and O–H groups in total. The lowest BCUT2D eigenvalue weighted by Crippen LogP contribution is -1.89. The highest BCUT2D eigenvalue weighted by atomic mass is 32.1. The molecule has 0 fully saturated rings. The molecule has 0 amide bonds. The molecule has 0 aliphatic heterocycles. The van der Waals surface area contributed by atoms with Crippen molar-refractivity contribution in [2.24, 2.45) is 0 Å². The van der Waals surface area contributed by atoms with Crippen LogP contribution in [0.1, 0.15) is 0 Å². The summed E-state index contributed by atoms with van der Waals surface area (Å²) in [7, 11) is 0. The fourth-order valence-electron chi connectivity index (χ4n) is 7.23. The summed E-state index contributed by atoms with van der Waals surface area (Å²) in [6, 6.07) is 54.3. The van der Waals surface area contributed by atoms with Crippen molar-refractivity contribution in [3.8, 4) is 20.9 Å². The minimum atomic E-state index is 1.28. The monoisotopic (exact) mass is 592 g/mol. The van der Waals surface area contributed by atoms with Gasteiger partial charge in [-0.3, -0.25) is 0 Å². The topological polar surface area (TPSA) is 0 Å². The Balaban J connectivity index is 1.37. The first kappa shape index (κ1) is 24.4. The maximum absolute atomic E-state index is 2.45. The fraction of sp³-hybridized carbons (Fsp3) is 0. The van der Waals surface area contributed by atoms with Crippen LogP contribution in [0.3, 0.4) is 0 Å². The summed E-state index contributed by atoms with van der Waals surface area (Å²) in [4.78, 5) is 2.62. The molecule has 0 spiro atoms. The number of benzene rings is 8. The van der Waals surface area contributed by atoms with E-state index < -0.39 is 0 Å². The number of hydrogen-bond donors (Lipinski definition) is 0. The second-order valence-electron chi connectivity index (χ2n) is 11.7. The maximum Gasteiger partial charge on any atom is 0.0355 e. The van der Waals surface area contributed by atoms with Crippen molar-refractivity contribution in [1.82, 2.24) is 0 Å². The van der Waals surface area contributed by atoms with Gasteiger partial charge in [-0.1, -0.05) is 109 Å². The quantitative estimate of drug-likeness (QED) is 0.175. The molecule has 204 valence electrons. The fourth-order valence-corrected chi connectivity index (χ4v) is 9.35. The lowest BCUT2D eigenvalue weighted by Gasteiger charge is -2.17. The van der Waals surface area contributed by atoms with Crippen LogP contribution in [0, 0.1) is 0 Å². The molecule has 0 bridgehead atoms. The predicted octanol–water partition coefficient (Wildman–Crippen LogP) is 13.2. The standard InChI is InChI=1S/C42H24S2/c1-7-15-37-25(9-1)23-39(43-37)27-17-19-31-29-11-3-6-14-34(29)42-36-22-28(40-24-26-10-2-8-16-38(26)44-40)18-20-32(36)30-12-4-5-13-33(30)41(42)35(31)21-27/h1-24H. The van der Waals surface area contributed by atoms with E-state index in [2.05, 4.69) is 146 Å². The summed E-state index contributed by atoms with van der Waals surface area (Å²) in [6.07, 6.45) is 0. The first-order valence-corrected chi connectivity index (χ1v) is 16.6. The SMILES string of the molecule is c1ccc2sc(-c3ccc4c5ccccc5c5c6cc(-c7cc8ccccc8s7)ccc6c6ccccc6c5c4c3)cc2c1. The van der Waals surface area contributed by atoms with E-state index in [1.54, 1.807) is 0 Å². The van der Waals surface area contributed by atoms with Gasteiger partial charge in [0.1, 0.15) is 0 Å². The molecule has 10 rings (SSSR count). The predicted molar refractivity (Wildman–Crippen MR) is 196 cm³/mol. The Morgan fingerprint density at radius 3 is 1.14 bits per heavy atom. The zero-order valence-corrected chi connectivity index (χ0v) is 25.3. The largest absolute Gasteiger partial charge is 0.135 e. The third kappa shape index (κ3) is 3.50. The highest BCUT2D eigenvalue weighted by molar-refractivity contribution is 7.22. The Hall–Kier alpha value is -5.02. The number of hydrogen-bond acceptors (Lipinski definition) is 2. The molecule has 0 radical (unpaired) electrons. The van der Waals surface area contributed by atoms with Crippen molar-refractivity contribution in [3.05, 3.63) is 146 Å². The summed E-state index contributed by atoms with van der Waals surface area (Å²) in [5.41, 5.74) is 2.55. The van der Waals surface area contributed by atoms with Crippen LogP contribution >= 0.6 is 22.7 Å². The first-order chi connectivity index (χ1) is 21.8. The van der Waals surface area contributed by atoms with E-state index in [1.807, 2.05) is 22.7 Å². The number of fused-ring (bicyclic) bond motifs is 13. The Bertz CT molecular complexity index is 2520. The minimum absolute atomic E-state index is 1.28. The highest BCUT2D eigenvalue weighted by Gasteiger charge is 2.18. The minimum Gasteiger partial charge on any atom is -0.135 e. The second kappa shape index (κ2) is 9.24. The molecule has 0 nitrogen and oxygen atoms in total. The Morgan fingerprint density at radius 2 is 0.682 bits per heavy atom. The van der Waals surface area contributed by atoms with Crippen LogP contribution < -0.4 is 0 Å². The van der Waals surface area contributed by atoms with Crippen LogP contribution in [-0.2, 0) is 0 Å². The van der Waals surface area contributed by atoms with Gasteiger partial charge in [0.2, 0.25) is 0 Å². The van der Waals surface area contributed by atoms with Gasteiger partial charge in [-0.05, 0) is 112 Å². The van der Waals surface area contributed by atoms with Gasteiger partial charge in [0.15, 0.2) is 0 Å². The van der Waals surface area contributed by atoms with Crippen LogP contribution in [0.5, 0.6) is 0 Å². The number of thiophene rings is 2. The van der Waals surface area contributed by atoms with Crippen LogP contribution in [0.25, 0.3) is 94.9 Å². The van der Waals surface area contributed by atoms with Crippen molar-refractivity contribution < 1.29 is 0 Å². The molecule has 0 aliphatic carbocycles. The van der Waals surface area contributed by atoms with E-state index in [-0.39, 0.29) is 0 Å². The van der Waals surface area contributed by atoms with Crippen molar-refractivity contribution in [2.75, 3.05) is 0 Å². The lowest BCUT2D eigenvalue weighted by atomic mass is 9.86. The molecule has 0 saturated carbocycles. The molecular weight excluding hydrogens is 569 g/mol. The maximum atomic E-state index is 2.45. The van der Waals surface area contributed by atoms with E-state index in [0.717, 1.165) is 0 Å². The molecule has 2 aromatic heterocycles. The van der Waals surface area contributed by atoms with Gasteiger partial charge in [-0.2, -0.15) is 0 Å². The molecule has 44 heavy (non-hydrogen) atoms.